The number of aryl methyl sites for hydroxylation is 1. The molecule has 0 aliphatic carbocycles. The smallest absolute Gasteiger partial charge is 0.264 e. The summed E-state index contributed by atoms with van der Waals surface area (Å²) in [6, 6.07) is 19.5. The molecule has 3 aromatic rings. The van der Waals surface area contributed by atoms with Gasteiger partial charge in [-0.05, 0) is 49.6 Å². The van der Waals surface area contributed by atoms with Crippen molar-refractivity contribution in [2.75, 3.05) is 30.6 Å². The predicted molar refractivity (Wildman–Crippen MR) is 157 cm³/mol. The van der Waals surface area contributed by atoms with Gasteiger partial charge in [0.15, 0.2) is 11.5 Å². The van der Waals surface area contributed by atoms with Gasteiger partial charge < -0.3 is 19.7 Å². The van der Waals surface area contributed by atoms with Crippen molar-refractivity contribution >= 4 is 27.5 Å². The van der Waals surface area contributed by atoms with E-state index in [2.05, 4.69) is 5.32 Å². The fourth-order valence-electron chi connectivity index (χ4n) is 4.48. The Labute approximate surface area is 242 Å². The minimum absolute atomic E-state index is 0.0376. The third-order valence-corrected chi connectivity index (χ3v) is 8.50. The van der Waals surface area contributed by atoms with Gasteiger partial charge in [-0.25, -0.2) is 8.42 Å². The Hall–Kier alpha value is -4.05. The average molecular weight is 580 g/mol. The first-order chi connectivity index (χ1) is 19.6. The average Bonchev–Trinajstić information content (AvgIpc) is 2.97. The molecule has 10 heteroatoms. The van der Waals surface area contributed by atoms with E-state index in [1.807, 2.05) is 45.0 Å². The van der Waals surface area contributed by atoms with Gasteiger partial charge in [0.05, 0.1) is 10.6 Å². The fourth-order valence-corrected chi connectivity index (χ4v) is 5.90. The highest BCUT2D eigenvalue weighted by Gasteiger charge is 2.33. The van der Waals surface area contributed by atoms with Crippen LogP contribution in [0.2, 0.25) is 0 Å². The Bertz CT molecular complexity index is 1480. The van der Waals surface area contributed by atoms with Gasteiger partial charge in [-0.3, -0.25) is 13.9 Å². The van der Waals surface area contributed by atoms with Gasteiger partial charge in [0.2, 0.25) is 11.8 Å². The van der Waals surface area contributed by atoms with Crippen molar-refractivity contribution in [3.63, 3.8) is 0 Å². The quantitative estimate of drug-likeness (QED) is 0.366. The Morgan fingerprint density at radius 2 is 1.61 bits per heavy atom. The number of hydrogen-bond donors (Lipinski definition) is 1. The van der Waals surface area contributed by atoms with E-state index in [1.165, 1.54) is 17.0 Å². The van der Waals surface area contributed by atoms with Crippen LogP contribution in [0.25, 0.3) is 0 Å². The van der Waals surface area contributed by atoms with E-state index in [0.29, 0.717) is 31.3 Å². The normalized spacial score (nSPS) is 13.4. The van der Waals surface area contributed by atoms with E-state index < -0.39 is 28.5 Å². The molecule has 3 aromatic carbocycles. The number of nitrogens with one attached hydrogen (secondary N) is 1. The molecule has 1 unspecified atom stereocenters. The van der Waals surface area contributed by atoms with Crippen LogP contribution in [0.4, 0.5) is 5.69 Å². The van der Waals surface area contributed by atoms with Crippen LogP contribution in [-0.4, -0.2) is 57.5 Å². The maximum atomic E-state index is 14.1. The maximum absolute atomic E-state index is 14.1. The lowest BCUT2D eigenvalue weighted by Crippen LogP contribution is -2.51. The van der Waals surface area contributed by atoms with Crippen molar-refractivity contribution in [2.45, 2.75) is 45.2 Å². The molecule has 4 rings (SSSR count). The number of carbonyl (C=O) groups excluding carboxylic acids is 2. The molecule has 0 radical (unpaired) electrons. The van der Waals surface area contributed by atoms with Gasteiger partial charge in [-0.1, -0.05) is 61.9 Å². The largest absolute Gasteiger partial charge is 0.486 e. The number of fused-ring (bicyclic) bond motifs is 1. The molecule has 0 spiro atoms. The van der Waals surface area contributed by atoms with Crippen LogP contribution in [0.3, 0.4) is 0 Å². The Morgan fingerprint density at radius 1 is 0.902 bits per heavy atom. The van der Waals surface area contributed by atoms with Crippen molar-refractivity contribution < 1.29 is 27.5 Å². The summed E-state index contributed by atoms with van der Waals surface area (Å²) in [7, 11) is -4.17. The molecule has 2 amide bonds. The zero-order valence-corrected chi connectivity index (χ0v) is 24.7. The van der Waals surface area contributed by atoms with Crippen molar-refractivity contribution in [3.05, 3.63) is 83.9 Å². The summed E-state index contributed by atoms with van der Waals surface area (Å²) in [5.41, 5.74) is 2.09. The van der Waals surface area contributed by atoms with E-state index >= 15 is 0 Å². The van der Waals surface area contributed by atoms with Crippen LogP contribution in [0.1, 0.15) is 31.9 Å². The zero-order chi connectivity index (χ0) is 29.6. The molecule has 1 N–H and O–H groups in total. The Kier molecular flexibility index (Phi) is 9.54. The molecule has 0 saturated heterocycles. The molecule has 0 aromatic heterocycles. The number of benzene rings is 3. The number of carbonyl (C=O) groups is 2. The third kappa shape index (κ3) is 7.38. The number of ether oxygens (including phenoxy) is 2. The summed E-state index contributed by atoms with van der Waals surface area (Å²) in [5.74, 6) is 0.297. The van der Waals surface area contributed by atoms with Crippen LogP contribution >= 0.6 is 0 Å². The highest BCUT2D eigenvalue weighted by Crippen LogP contribution is 2.36. The standard InChI is InChI=1S/C31H37N3O6S/c1-22(2)19-32-31(36)24(4)33(20-25-10-8-9-23(3)17-25)30(35)21-34(41(37,38)27-11-6-5-7-12-27)26-13-14-28-29(18-26)40-16-15-39-28/h5-14,17-18,22,24H,15-16,19-21H2,1-4H3,(H,32,36). The molecule has 0 bridgehead atoms. The van der Waals surface area contributed by atoms with Gasteiger partial charge in [0, 0.05) is 19.2 Å². The summed E-state index contributed by atoms with van der Waals surface area (Å²) in [6.45, 7) is 8.37. The first-order valence-corrected chi connectivity index (χ1v) is 15.1. The minimum Gasteiger partial charge on any atom is -0.486 e. The first kappa shape index (κ1) is 29.9. The Morgan fingerprint density at radius 3 is 2.29 bits per heavy atom. The van der Waals surface area contributed by atoms with Crippen LogP contribution in [-0.2, 0) is 26.2 Å². The Balaban J connectivity index is 1.72. The lowest BCUT2D eigenvalue weighted by atomic mass is 10.1. The second kappa shape index (κ2) is 13.1. The summed E-state index contributed by atoms with van der Waals surface area (Å²) < 4.78 is 40.3. The van der Waals surface area contributed by atoms with E-state index in [1.54, 1.807) is 43.3 Å². The van der Waals surface area contributed by atoms with Crippen LogP contribution in [0.15, 0.2) is 77.7 Å². The number of hydrogen-bond acceptors (Lipinski definition) is 6. The second-order valence-corrected chi connectivity index (χ2v) is 12.3. The molecule has 1 aliphatic heterocycles. The van der Waals surface area contributed by atoms with Gasteiger partial charge in [-0.2, -0.15) is 0 Å². The molecular formula is C31H37N3O6S. The first-order valence-electron chi connectivity index (χ1n) is 13.7. The third-order valence-electron chi connectivity index (χ3n) is 6.71. The topological polar surface area (TPSA) is 105 Å². The van der Waals surface area contributed by atoms with E-state index in [0.717, 1.165) is 15.4 Å². The summed E-state index contributed by atoms with van der Waals surface area (Å²) >= 11 is 0. The molecule has 1 heterocycles. The van der Waals surface area contributed by atoms with Crippen LogP contribution in [0, 0.1) is 12.8 Å². The molecule has 1 atom stereocenters. The van der Waals surface area contributed by atoms with Crippen molar-refractivity contribution in [2.24, 2.45) is 5.92 Å². The molecule has 0 fully saturated rings. The monoisotopic (exact) mass is 579 g/mol. The zero-order valence-electron chi connectivity index (χ0n) is 23.9. The van der Waals surface area contributed by atoms with Gasteiger partial charge >= 0.3 is 0 Å². The highest BCUT2D eigenvalue weighted by molar-refractivity contribution is 7.92. The van der Waals surface area contributed by atoms with Crippen molar-refractivity contribution in [1.82, 2.24) is 10.2 Å². The molecule has 9 nitrogen and oxygen atoms in total. The van der Waals surface area contributed by atoms with Gasteiger partial charge in [-0.15, -0.1) is 0 Å². The molecule has 1 aliphatic rings. The van der Waals surface area contributed by atoms with Crippen LogP contribution in [0.5, 0.6) is 11.5 Å². The highest BCUT2D eigenvalue weighted by atomic mass is 32.2. The SMILES string of the molecule is Cc1cccc(CN(C(=O)CN(c2ccc3c(c2)OCCO3)S(=O)(=O)c2ccccc2)C(C)C(=O)NCC(C)C)c1. The number of nitrogens with zero attached hydrogens (tertiary/aromatic N) is 2. The molecule has 0 saturated carbocycles. The van der Waals surface area contributed by atoms with Crippen molar-refractivity contribution in [1.29, 1.82) is 0 Å². The summed E-state index contributed by atoms with van der Waals surface area (Å²) in [4.78, 5) is 28.6. The molecular weight excluding hydrogens is 542 g/mol. The number of sulfonamides is 1. The maximum Gasteiger partial charge on any atom is 0.264 e. The van der Waals surface area contributed by atoms with Crippen LogP contribution < -0.4 is 19.1 Å². The lowest BCUT2D eigenvalue weighted by molar-refractivity contribution is -0.139. The lowest BCUT2D eigenvalue weighted by Gasteiger charge is -2.32. The van der Waals surface area contributed by atoms with Gasteiger partial charge in [0.1, 0.15) is 25.8 Å². The van der Waals surface area contributed by atoms with Gasteiger partial charge in [0.25, 0.3) is 10.0 Å². The summed E-state index contributed by atoms with van der Waals surface area (Å²) in [6.07, 6.45) is 0. The van der Waals surface area contributed by atoms with E-state index in [9.17, 15) is 18.0 Å². The van der Waals surface area contributed by atoms with E-state index in [4.69, 9.17) is 9.47 Å². The summed E-state index contributed by atoms with van der Waals surface area (Å²) in [5, 5.41) is 2.89. The minimum atomic E-state index is -4.17. The number of rotatable bonds is 11. The number of amides is 2. The fraction of sp³-hybridized carbons (Fsp3) is 0.355. The predicted octanol–water partition coefficient (Wildman–Crippen LogP) is 4.15. The van der Waals surface area contributed by atoms with Crippen molar-refractivity contribution in [3.8, 4) is 11.5 Å². The molecule has 41 heavy (non-hydrogen) atoms. The number of anilines is 1. The molecule has 218 valence electrons. The second-order valence-electron chi connectivity index (χ2n) is 10.5. The van der Waals surface area contributed by atoms with E-state index in [-0.39, 0.29) is 29.0 Å².